The van der Waals surface area contributed by atoms with Crippen molar-refractivity contribution >= 4 is 22.7 Å². The van der Waals surface area contributed by atoms with Crippen LogP contribution in [-0.2, 0) is 5.54 Å². The number of rotatable bonds is 4. The van der Waals surface area contributed by atoms with Crippen molar-refractivity contribution in [1.29, 1.82) is 0 Å². The van der Waals surface area contributed by atoms with E-state index in [4.69, 9.17) is 10.5 Å². The fourth-order valence-corrected chi connectivity index (χ4v) is 2.47. The van der Waals surface area contributed by atoms with E-state index in [0.29, 0.717) is 11.4 Å². The van der Waals surface area contributed by atoms with Crippen LogP contribution in [0.4, 0.5) is 11.4 Å². The molecule has 0 aliphatic carbocycles. The topological polar surface area (TPSA) is 60.2 Å². The van der Waals surface area contributed by atoms with E-state index in [2.05, 4.69) is 24.1 Å². The molecule has 2 rings (SSSR count). The Morgan fingerprint density at radius 2 is 2.17 bits per heavy atom. The zero-order chi connectivity index (χ0) is 13.2. The van der Waals surface area contributed by atoms with Crippen LogP contribution in [0.1, 0.15) is 18.9 Å². The Bertz CT molecular complexity index is 523. The number of benzene rings is 1. The van der Waals surface area contributed by atoms with Crippen LogP contribution in [0, 0.1) is 0 Å². The minimum Gasteiger partial charge on any atom is -0.495 e. The summed E-state index contributed by atoms with van der Waals surface area (Å²) < 4.78 is 5.21. The molecule has 0 aliphatic rings. The predicted molar refractivity (Wildman–Crippen MR) is 76.2 cm³/mol. The molecule has 3 N–H and O–H groups in total. The molecule has 0 fully saturated rings. The molecule has 0 amide bonds. The molecule has 0 spiro atoms. The highest BCUT2D eigenvalue weighted by molar-refractivity contribution is 7.09. The lowest BCUT2D eigenvalue weighted by Gasteiger charge is -2.26. The molecule has 96 valence electrons. The summed E-state index contributed by atoms with van der Waals surface area (Å²) in [6.45, 7) is 4.15. The molecule has 1 heterocycles. The molecule has 0 aliphatic heterocycles. The molecule has 18 heavy (non-hydrogen) atoms. The van der Waals surface area contributed by atoms with Gasteiger partial charge in [0.05, 0.1) is 24.0 Å². The largest absolute Gasteiger partial charge is 0.495 e. The Kier molecular flexibility index (Phi) is 3.43. The second-order valence-electron chi connectivity index (χ2n) is 4.51. The third-order valence-electron chi connectivity index (χ3n) is 2.70. The van der Waals surface area contributed by atoms with Gasteiger partial charge >= 0.3 is 0 Å². The van der Waals surface area contributed by atoms with Gasteiger partial charge in [0, 0.05) is 11.6 Å². The lowest BCUT2D eigenvalue weighted by Crippen LogP contribution is -2.28. The first-order valence-corrected chi connectivity index (χ1v) is 6.53. The van der Waals surface area contributed by atoms with Gasteiger partial charge in [-0.1, -0.05) is 6.07 Å². The lowest BCUT2D eigenvalue weighted by atomic mass is 10.1. The molecule has 2 aromatic rings. The van der Waals surface area contributed by atoms with Gasteiger partial charge in [0.2, 0.25) is 0 Å². The number of aromatic nitrogens is 1. The van der Waals surface area contributed by atoms with Crippen molar-refractivity contribution in [3.63, 3.8) is 0 Å². The number of nitrogen functional groups attached to an aromatic ring is 1. The quantitative estimate of drug-likeness (QED) is 0.832. The fraction of sp³-hybridized carbons (Fsp3) is 0.308. The zero-order valence-electron chi connectivity index (χ0n) is 10.7. The summed E-state index contributed by atoms with van der Waals surface area (Å²) >= 11 is 1.62. The fourth-order valence-electron chi connectivity index (χ4n) is 1.75. The molecule has 4 nitrogen and oxygen atoms in total. The number of anilines is 2. The van der Waals surface area contributed by atoms with Gasteiger partial charge in [-0.05, 0) is 26.0 Å². The Balaban J connectivity index is 2.29. The lowest BCUT2D eigenvalue weighted by molar-refractivity contribution is 0.417. The smallest absolute Gasteiger partial charge is 0.143 e. The molecule has 0 atom stereocenters. The van der Waals surface area contributed by atoms with Gasteiger partial charge in [-0.2, -0.15) is 0 Å². The Labute approximate surface area is 111 Å². The minimum absolute atomic E-state index is 0.269. The van der Waals surface area contributed by atoms with Crippen LogP contribution in [0.2, 0.25) is 0 Å². The minimum atomic E-state index is -0.269. The first-order valence-electron chi connectivity index (χ1n) is 5.65. The summed E-state index contributed by atoms with van der Waals surface area (Å²) in [6.07, 6.45) is 1.80. The van der Waals surface area contributed by atoms with E-state index in [1.54, 1.807) is 24.6 Å². The second-order valence-corrected chi connectivity index (χ2v) is 5.40. The highest BCUT2D eigenvalue weighted by Gasteiger charge is 2.24. The molecule has 0 saturated heterocycles. The summed E-state index contributed by atoms with van der Waals surface area (Å²) in [5.41, 5.74) is 7.25. The average molecular weight is 263 g/mol. The van der Waals surface area contributed by atoms with Crippen molar-refractivity contribution in [3.8, 4) is 5.75 Å². The van der Waals surface area contributed by atoms with Gasteiger partial charge in [-0.25, -0.2) is 4.98 Å². The Hall–Kier alpha value is -1.75. The summed E-state index contributed by atoms with van der Waals surface area (Å²) in [6, 6.07) is 5.69. The molecule has 5 heteroatoms. The van der Waals surface area contributed by atoms with Crippen molar-refractivity contribution in [2.75, 3.05) is 18.2 Å². The number of nitrogens with two attached hydrogens (primary N) is 1. The maximum atomic E-state index is 6.05. The number of para-hydroxylation sites is 1. The van der Waals surface area contributed by atoms with Gasteiger partial charge in [-0.15, -0.1) is 11.3 Å². The van der Waals surface area contributed by atoms with E-state index in [9.17, 15) is 0 Å². The first-order chi connectivity index (χ1) is 8.54. The molecule has 0 saturated carbocycles. The molecule has 1 aromatic heterocycles. The average Bonchev–Trinajstić information content (AvgIpc) is 2.86. The number of thiazole rings is 1. The van der Waals surface area contributed by atoms with E-state index in [1.807, 2.05) is 23.6 Å². The van der Waals surface area contributed by atoms with Crippen LogP contribution in [0.15, 0.2) is 29.8 Å². The standard InChI is InChI=1S/C13H17N3OS/c1-13(2,12-15-7-8-18-12)16-9-5-4-6-10(17-3)11(9)14/h4-8,16H,14H2,1-3H3. The Morgan fingerprint density at radius 3 is 2.78 bits per heavy atom. The van der Waals surface area contributed by atoms with E-state index < -0.39 is 0 Å². The second kappa shape index (κ2) is 4.86. The van der Waals surface area contributed by atoms with Gasteiger partial charge in [0.25, 0.3) is 0 Å². The molecule has 0 unspecified atom stereocenters. The van der Waals surface area contributed by atoms with Crippen molar-refractivity contribution < 1.29 is 4.74 Å². The maximum Gasteiger partial charge on any atom is 0.143 e. The van der Waals surface area contributed by atoms with Crippen LogP contribution in [0.3, 0.4) is 0 Å². The van der Waals surface area contributed by atoms with Gasteiger partial charge < -0.3 is 15.8 Å². The van der Waals surface area contributed by atoms with Crippen LogP contribution < -0.4 is 15.8 Å². The number of hydrogen-bond acceptors (Lipinski definition) is 5. The molecular weight excluding hydrogens is 246 g/mol. The van der Waals surface area contributed by atoms with Crippen molar-refractivity contribution in [1.82, 2.24) is 4.98 Å². The Morgan fingerprint density at radius 1 is 1.39 bits per heavy atom. The summed E-state index contributed by atoms with van der Waals surface area (Å²) in [7, 11) is 1.61. The number of ether oxygens (including phenoxy) is 1. The van der Waals surface area contributed by atoms with Crippen molar-refractivity contribution in [3.05, 3.63) is 34.8 Å². The number of nitrogens with one attached hydrogen (secondary N) is 1. The summed E-state index contributed by atoms with van der Waals surface area (Å²) in [5.74, 6) is 0.676. The molecule has 1 aromatic carbocycles. The van der Waals surface area contributed by atoms with Gasteiger partial charge in [0.1, 0.15) is 10.8 Å². The third-order valence-corrected chi connectivity index (χ3v) is 3.80. The number of methoxy groups -OCH3 is 1. The third kappa shape index (κ3) is 2.41. The van der Waals surface area contributed by atoms with E-state index in [-0.39, 0.29) is 5.54 Å². The summed E-state index contributed by atoms with van der Waals surface area (Å²) in [5, 5.41) is 6.39. The molecule has 0 bridgehead atoms. The van der Waals surface area contributed by atoms with Gasteiger partial charge in [0.15, 0.2) is 0 Å². The van der Waals surface area contributed by atoms with E-state index in [0.717, 1.165) is 10.7 Å². The van der Waals surface area contributed by atoms with E-state index >= 15 is 0 Å². The SMILES string of the molecule is COc1cccc(NC(C)(C)c2nccs2)c1N. The van der Waals surface area contributed by atoms with E-state index in [1.165, 1.54) is 0 Å². The van der Waals surface area contributed by atoms with Crippen LogP contribution >= 0.6 is 11.3 Å². The molecule has 0 radical (unpaired) electrons. The summed E-state index contributed by atoms with van der Waals surface area (Å²) in [4.78, 5) is 4.34. The normalized spacial score (nSPS) is 11.3. The maximum absolute atomic E-state index is 6.05. The monoisotopic (exact) mass is 263 g/mol. The van der Waals surface area contributed by atoms with Gasteiger partial charge in [-0.3, -0.25) is 0 Å². The zero-order valence-corrected chi connectivity index (χ0v) is 11.5. The highest BCUT2D eigenvalue weighted by atomic mass is 32.1. The molecular formula is C13H17N3OS. The number of hydrogen-bond donors (Lipinski definition) is 2. The van der Waals surface area contributed by atoms with Crippen LogP contribution in [-0.4, -0.2) is 12.1 Å². The highest BCUT2D eigenvalue weighted by Crippen LogP contribution is 2.34. The van der Waals surface area contributed by atoms with Crippen LogP contribution in [0.5, 0.6) is 5.75 Å². The van der Waals surface area contributed by atoms with Crippen LogP contribution in [0.25, 0.3) is 0 Å². The van der Waals surface area contributed by atoms with Crippen molar-refractivity contribution in [2.24, 2.45) is 0 Å². The first kappa shape index (κ1) is 12.7. The van der Waals surface area contributed by atoms with Crippen molar-refractivity contribution in [2.45, 2.75) is 19.4 Å². The number of nitrogens with zero attached hydrogens (tertiary/aromatic N) is 1. The predicted octanol–water partition coefficient (Wildman–Crippen LogP) is 3.08.